The minimum Gasteiger partial charge on any atom is -0.324 e. The number of hydrogen-bond acceptors (Lipinski definition) is 3. The van der Waals surface area contributed by atoms with Gasteiger partial charge in [-0.05, 0) is 23.6 Å². The molecular weight excluding hydrogens is 356 g/mol. The molecule has 1 heterocycles. The molecule has 0 saturated carbocycles. The van der Waals surface area contributed by atoms with Gasteiger partial charge in [-0.3, -0.25) is 4.99 Å². The van der Waals surface area contributed by atoms with Crippen LogP contribution in [0.3, 0.4) is 0 Å². The second-order valence-corrected chi connectivity index (χ2v) is 7.49. The topological polar surface area (TPSA) is 54.0 Å². The standard InChI is InChI=1S/C25H26N4/c1-25(22-15-9-4-10-16-22)19-29(28-24(25)21-13-7-3-8-14-21)23(17-26)27-18-20-11-5-2-6-12-20/h2-16H,17-19,26H2,1H3/t25-/m1/s1. The summed E-state index contributed by atoms with van der Waals surface area (Å²) in [5.41, 5.74) is 10.4. The molecule has 0 amide bonds. The van der Waals surface area contributed by atoms with E-state index in [9.17, 15) is 0 Å². The van der Waals surface area contributed by atoms with Crippen LogP contribution in [0.1, 0.15) is 23.6 Å². The monoisotopic (exact) mass is 382 g/mol. The Kier molecular flexibility index (Phi) is 5.54. The van der Waals surface area contributed by atoms with Gasteiger partial charge in [0.25, 0.3) is 0 Å². The molecule has 4 rings (SSSR count). The fourth-order valence-corrected chi connectivity index (χ4v) is 3.81. The lowest BCUT2D eigenvalue weighted by atomic mass is 9.76. The third-order valence-corrected chi connectivity index (χ3v) is 5.43. The number of nitrogens with two attached hydrogens (primary N) is 1. The SMILES string of the molecule is C[C@]1(c2ccccc2)CN(C(CN)=NCc2ccccc2)N=C1c1ccccc1. The maximum atomic E-state index is 6.09. The van der Waals surface area contributed by atoms with E-state index in [1.54, 1.807) is 0 Å². The van der Waals surface area contributed by atoms with E-state index in [1.807, 2.05) is 35.3 Å². The summed E-state index contributed by atoms with van der Waals surface area (Å²) in [4.78, 5) is 4.79. The van der Waals surface area contributed by atoms with Gasteiger partial charge >= 0.3 is 0 Å². The van der Waals surface area contributed by atoms with E-state index in [1.165, 1.54) is 5.56 Å². The van der Waals surface area contributed by atoms with Gasteiger partial charge < -0.3 is 5.73 Å². The third-order valence-electron chi connectivity index (χ3n) is 5.43. The summed E-state index contributed by atoms with van der Waals surface area (Å²) >= 11 is 0. The first-order chi connectivity index (χ1) is 14.2. The number of rotatable bonds is 5. The highest BCUT2D eigenvalue weighted by Crippen LogP contribution is 2.35. The summed E-state index contributed by atoms with van der Waals surface area (Å²) in [5, 5.41) is 6.99. The van der Waals surface area contributed by atoms with Crippen LogP contribution >= 0.6 is 0 Å². The van der Waals surface area contributed by atoms with Gasteiger partial charge in [-0.25, -0.2) is 5.01 Å². The second kappa shape index (κ2) is 8.41. The Hall–Kier alpha value is -3.24. The van der Waals surface area contributed by atoms with Crippen LogP contribution in [-0.4, -0.2) is 29.6 Å². The van der Waals surface area contributed by atoms with Crippen LogP contribution in [-0.2, 0) is 12.0 Å². The summed E-state index contributed by atoms with van der Waals surface area (Å²) in [5.74, 6) is 0.807. The zero-order valence-corrected chi connectivity index (χ0v) is 16.7. The summed E-state index contributed by atoms with van der Waals surface area (Å²) in [6.45, 7) is 3.91. The summed E-state index contributed by atoms with van der Waals surface area (Å²) in [7, 11) is 0. The molecule has 1 aliphatic heterocycles. The largest absolute Gasteiger partial charge is 0.324 e. The highest BCUT2D eigenvalue weighted by atomic mass is 15.5. The van der Waals surface area contributed by atoms with Crippen LogP contribution in [0.15, 0.2) is 101 Å². The molecule has 1 atom stereocenters. The first kappa shape index (κ1) is 19.1. The van der Waals surface area contributed by atoms with E-state index < -0.39 is 0 Å². The summed E-state index contributed by atoms with van der Waals surface area (Å²) in [6.07, 6.45) is 0. The lowest BCUT2D eigenvalue weighted by Crippen LogP contribution is -2.39. The highest BCUT2D eigenvalue weighted by Gasteiger charge is 2.41. The average molecular weight is 383 g/mol. The lowest BCUT2D eigenvalue weighted by molar-refractivity contribution is 0.421. The fraction of sp³-hybridized carbons (Fsp3) is 0.200. The molecule has 4 nitrogen and oxygen atoms in total. The van der Waals surface area contributed by atoms with Gasteiger partial charge in [0.1, 0.15) is 5.84 Å². The molecule has 0 aromatic heterocycles. The third kappa shape index (κ3) is 3.98. The first-order valence-electron chi connectivity index (χ1n) is 9.95. The number of nitrogens with zero attached hydrogens (tertiary/aromatic N) is 3. The van der Waals surface area contributed by atoms with Crippen molar-refractivity contribution in [2.45, 2.75) is 18.9 Å². The van der Waals surface area contributed by atoms with Crippen molar-refractivity contribution in [3.8, 4) is 0 Å². The van der Waals surface area contributed by atoms with Crippen LogP contribution in [0.25, 0.3) is 0 Å². The van der Waals surface area contributed by atoms with Crippen LogP contribution in [0.2, 0.25) is 0 Å². The van der Waals surface area contributed by atoms with Crippen molar-refractivity contribution in [3.05, 3.63) is 108 Å². The first-order valence-corrected chi connectivity index (χ1v) is 9.95. The van der Waals surface area contributed by atoms with Crippen LogP contribution in [0.4, 0.5) is 0 Å². The maximum Gasteiger partial charge on any atom is 0.134 e. The van der Waals surface area contributed by atoms with Gasteiger partial charge in [-0.1, -0.05) is 91.0 Å². The van der Waals surface area contributed by atoms with Crippen molar-refractivity contribution < 1.29 is 0 Å². The Morgan fingerprint density at radius 1 is 0.931 bits per heavy atom. The summed E-state index contributed by atoms with van der Waals surface area (Å²) < 4.78 is 0. The second-order valence-electron chi connectivity index (χ2n) is 7.49. The minimum absolute atomic E-state index is 0.245. The number of benzene rings is 3. The van der Waals surface area contributed by atoms with E-state index in [0.717, 1.165) is 22.7 Å². The Balaban J connectivity index is 1.70. The Bertz CT molecular complexity index is 997. The maximum absolute atomic E-state index is 6.09. The van der Waals surface area contributed by atoms with E-state index >= 15 is 0 Å². The normalized spacial score (nSPS) is 19.3. The number of hydrazone groups is 1. The Labute approximate surface area is 172 Å². The smallest absolute Gasteiger partial charge is 0.134 e. The van der Waals surface area contributed by atoms with Crippen molar-refractivity contribution in [1.29, 1.82) is 0 Å². The van der Waals surface area contributed by atoms with Crippen LogP contribution in [0, 0.1) is 0 Å². The van der Waals surface area contributed by atoms with Gasteiger partial charge in [0, 0.05) is 0 Å². The van der Waals surface area contributed by atoms with Crippen molar-refractivity contribution in [3.63, 3.8) is 0 Å². The molecule has 2 N–H and O–H groups in total. The molecule has 0 bridgehead atoms. The van der Waals surface area contributed by atoms with Gasteiger partial charge in [0.15, 0.2) is 0 Å². The molecule has 146 valence electrons. The highest BCUT2D eigenvalue weighted by molar-refractivity contribution is 6.10. The van der Waals surface area contributed by atoms with E-state index in [0.29, 0.717) is 19.6 Å². The molecule has 1 aliphatic rings. The van der Waals surface area contributed by atoms with E-state index in [-0.39, 0.29) is 5.41 Å². The molecule has 4 heteroatoms. The van der Waals surface area contributed by atoms with E-state index in [4.69, 9.17) is 15.8 Å². The van der Waals surface area contributed by atoms with Crippen LogP contribution < -0.4 is 5.73 Å². The molecule has 0 spiro atoms. The lowest BCUT2D eigenvalue weighted by Gasteiger charge is -2.27. The van der Waals surface area contributed by atoms with E-state index in [2.05, 4.69) is 67.6 Å². The molecule has 0 aliphatic carbocycles. The van der Waals surface area contributed by atoms with Gasteiger partial charge in [0.05, 0.1) is 30.8 Å². The molecule has 0 radical (unpaired) electrons. The minimum atomic E-state index is -0.245. The van der Waals surface area contributed by atoms with Crippen molar-refractivity contribution >= 4 is 11.5 Å². The van der Waals surface area contributed by atoms with Gasteiger partial charge in [-0.2, -0.15) is 5.10 Å². The predicted molar refractivity (Wildman–Crippen MR) is 120 cm³/mol. The number of aliphatic imine (C=N–C) groups is 1. The van der Waals surface area contributed by atoms with Gasteiger partial charge in [-0.15, -0.1) is 0 Å². The predicted octanol–water partition coefficient (Wildman–Crippen LogP) is 4.22. The summed E-state index contributed by atoms with van der Waals surface area (Å²) in [6, 6.07) is 31.2. The molecule has 3 aromatic carbocycles. The molecular formula is C25H26N4. The molecule has 0 fully saturated rings. The zero-order valence-electron chi connectivity index (χ0n) is 16.7. The Morgan fingerprint density at radius 3 is 2.14 bits per heavy atom. The van der Waals surface area contributed by atoms with Crippen molar-refractivity contribution in [2.75, 3.05) is 13.1 Å². The molecule has 0 unspecified atom stereocenters. The zero-order chi connectivity index (χ0) is 20.1. The van der Waals surface area contributed by atoms with Crippen LogP contribution in [0.5, 0.6) is 0 Å². The Morgan fingerprint density at radius 2 is 1.52 bits per heavy atom. The fourth-order valence-electron chi connectivity index (χ4n) is 3.81. The van der Waals surface area contributed by atoms with Crippen molar-refractivity contribution in [2.24, 2.45) is 15.8 Å². The quantitative estimate of drug-likeness (QED) is 0.530. The molecule has 0 saturated heterocycles. The number of hydrogen-bond donors (Lipinski definition) is 1. The molecule has 29 heavy (non-hydrogen) atoms. The molecule has 3 aromatic rings. The van der Waals surface area contributed by atoms with Gasteiger partial charge in [0.2, 0.25) is 0 Å². The average Bonchev–Trinajstić information content (AvgIpc) is 3.15. The van der Waals surface area contributed by atoms with Crippen molar-refractivity contribution in [1.82, 2.24) is 5.01 Å². The number of amidine groups is 1.